The molecule has 1 aromatic carbocycles. The third-order valence-corrected chi connectivity index (χ3v) is 5.72. The monoisotopic (exact) mass is 399 g/mol. The lowest BCUT2D eigenvalue weighted by molar-refractivity contribution is -0.117. The molecule has 2 saturated heterocycles. The van der Waals surface area contributed by atoms with Crippen molar-refractivity contribution in [3.05, 3.63) is 29.8 Å². The predicted molar refractivity (Wildman–Crippen MR) is 120 cm³/mol. The van der Waals surface area contributed by atoms with Gasteiger partial charge in [0.15, 0.2) is 5.96 Å². The average Bonchev–Trinajstić information content (AvgIpc) is 3.17. The van der Waals surface area contributed by atoms with Gasteiger partial charge in [-0.3, -0.25) is 4.79 Å². The number of benzene rings is 1. The van der Waals surface area contributed by atoms with E-state index in [2.05, 4.69) is 41.5 Å². The van der Waals surface area contributed by atoms with Crippen molar-refractivity contribution in [3.63, 3.8) is 0 Å². The lowest BCUT2D eigenvalue weighted by Gasteiger charge is -2.29. The van der Waals surface area contributed by atoms with E-state index in [0.29, 0.717) is 18.9 Å². The standard InChI is InChI=1S/C23H37N5O/c1-3-24-23(25-16-19(2)18-27-13-5-4-6-14-27)26-17-20-9-11-21(12-10-20)28-15-7-8-22(28)29/h9-12,19H,3-8,13-18H2,1-2H3,(H2,24,25,26). The van der Waals surface area contributed by atoms with Crippen LogP contribution in [0.25, 0.3) is 0 Å². The second kappa shape index (κ2) is 11.2. The maximum atomic E-state index is 11.9. The number of amides is 1. The number of rotatable bonds is 8. The van der Waals surface area contributed by atoms with Crippen LogP contribution < -0.4 is 15.5 Å². The minimum atomic E-state index is 0.230. The molecular formula is C23H37N5O. The Hall–Kier alpha value is -2.08. The largest absolute Gasteiger partial charge is 0.357 e. The molecule has 1 unspecified atom stereocenters. The smallest absolute Gasteiger partial charge is 0.227 e. The van der Waals surface area contributed by atoms with Gasteiger partial charge in [0.05, 0.1) is 6.54 Å². The van der Waals surface area contributed by atoms with E-state index in [9.17, 15) is 4.79 Å². The molecule has 0 aliphatic carbocycles. The zero-order chi connectivity index (χ0) is 20.5. The fourth-order valence-corrected chi connectivity index (χ4v) is 4.13. The highest BCUT2D eigenvalue weighted by Gasteiger charge is 2.21. The van der Waals surface area contributed by atoms with Gasteiger partial charge >= 0.3 is 0 Å². The first-order valence-corrected chi connectivity index (χ1v) is 11.3. The quantitative estimate of drug-likeness (QED) is 0.521. The van der Waals surface area contributed by atoms with Crippen molar-refractivity contribution in [2.45, 2.75) is 52.5 Å². The van der Waals surface area contributed by atoms with Crippen molar-refractivity contribution < 1.29 is 4.79 Å². The van der Waals surface area contributed by atoms with Crippen LogP contribution in [0.3, 0.4) is 0 Å². The Morgan fingerprint density at radius 1 is 1.07 bits per heavy atom. The van der Waals surface area contributed by atoms with Crippen LogP contribution in [0, 0.1) is 5.92 Å². The number of hydrogen-bond donors (Lipinski definition) is 2. The molecule has 29 heavy (non-hydrogen) atoms. The molecule has 2 aliphatic heterocycles. The molecule has 6 nitrogen and oxygen atoms in total. The Balaban J connectivity index is 1.48. The van der Waals surface area contributed by atoms with Gasteiger partial charge in [-0.05, 0) is 62.9 Å². The third-order valence-electron chi connectivity index (χ3n) is 5.72. The molecule has 0 saturated carbocycles. The molecule has 0 bridgehead atoms. The number of carbonyl (C=O) groups is 1. The summed E-state index contributed by atoms with van der Waals surface area (Å²) in [6.07, 6.45) is 5.69. The van der Waals surface area contributed by atoms with E-state index in [4.69, 9.17) is 4.99 Å². The Morgan fingerprint density at radius 2 is 1.83 bits per heavy atom. The van der Waals surface area contributed by atoms with Gasteiger partial charge in [-0.2, -0.15) is 0 Å². The predicted octanol–water partition coefficient (Wildman–Crippen LogP) is 2.99. The molecule has 2 heterocycles. The van der Waals surface area contributed by atoms with Crippen LogP contribution in [0.15, 0.2) is 29.3 Å². The molecule has 2 N–H and O–H groups in total. The van der Waals surface area contributed by atoms with Crippen molar-refractivity contribution in [1.29, 1.82) is 0 Å². The van der Waals surface area contributed by atoms with E-state index in [-0.39, 0.29) is 5.91 Å². The van der Waals surface area contributed by atoms with Gasteiger partial charge in [0.1, 0.15) is 0 Å². The normalized spacial score (nSPS) is 19.4. The molecule has 0 radical (unpaired) electrons. The summed E-state index contributed by atoms with van der Waals surface area (Å²) in [5.41, 5.74) is 2.15. The second-order valence-corrected chi connectivity index (χ2v) is 8.36. The maximum absolute atomic E-state index is 11.9. The summed E-state index contributed by atoms with van der Waals surface area (Å²) in [6, 6.07) is 8.23. The Kier molecular flexibility index (Phi) is 8.35. The van der Waals surface area contributed by atoms with Crippen LogP contribution in [-0.2, 0) is 11.3 Å². The highest BCUT2D eigenvalue weighted by Crippen LogP contribution is 2.21. The zero-order valence-corrected chi connectivity index (χ0v) is 18.1. The summed E-state index contributed by atoms with van der Waals surface area (Å²) in [7, 11) is 0. The molecule has 3 rings (SSSR count). The van der Waals surface area contributed by atoms with E-state index >= 15 is 0 Å². The van der Waals surface area contributed by atoms with Crippen LogP contribution in [0.4, 0.5) is 5.69 Å². The summed E-state index contributed by atoms with van der Waals surface area (Å²) in [4.78, 5) is 21.1. The number of anilines is 1. The lowest BCUT2D eigenvalue weighted by atomic mass is 10.1. The molecule has 1 atom stereocenters. The van der Waals surface area contributed by atoms with Crippen molar-refractivity contribution >= 4 is 17.6 Å². The van der Waals surface area contributed by atoms with Gasteiger partial charge < -0.3 is 20.4 Å². The Bertz CT molecular complexity index is 666. The lowest BCUT2D eigenvalue weighted by Crippen LogP contribution is -2.42. The molecular weight excluding hydrogens is 362 g/mol. The summed E-state index contributed by atoms with van der Waals surface area (Å²) in [6.45, 7) is 11.3. The molecule has 0 spiro atoms. The van der Waals surface area contributed by atoms with Gasteiger partial charge in [-0.25, -0.2) is 4.99 Å². The van der Waals surface area contributed by atoms with Gasteiger partial charge in [-0.1, -0.05) is 25.5 Å². The number of carbonyl (C=O) groups excluding carboxylic acids is 1. The van der Waals surface area contributed by atoms with Gasteiger partial charge in [0.2, 0.25) is 5.91 Å². The topological polar surface area (TPSA) is 60.0 Å². The van der Waals surface area contributed by atoms with E-state index in [1.807, 2.05) is 17.0 Å². The minimum absolute atomic E-state index is 0.230. The summed E-state index contributed by atoms with van der Waals surface area (Å²) in [5, 5.41) is 6.85. The zero-order valence-electron chi connectivity index (χ0n) is 18.1. The molecule has 2 fully saturated rings. The highest BCUT2D eigenvalue weighted by molar-refractivity contribution is 5.95. The van der Waals surface area contributed by atoms with Gasteiger partial charge in [-0.15, -0.1) is 0 Å². The summed E-state index contributed by atoms with van der Waals surface area (Å²) in [5.74, 6) is 1.69. The van der Waals surface area contributed by atoms with E-state index in [1.54, 1.807) is 0 Å². The number of guanidine groups is 1. The number of likely N-dealkylation sites (tertiary alicyclic amines) is 1. The number of nitrogens with zero attached hydrogens (tertiary/aromatic N) is 3. The van der Waals surface area contributed by atoms with Crippen LogP contribution in [0.1, 0.15) is 51.5 Å². The number of aliphatic imine (C=N–C) groups is 1. The molecule has 2 aliphatic rings. The Morgan fingerprint density at radius 3 is 2.48 bits per heavy atom. The van der Waals surface area contributed by atoms with Crippen LogP contribution in [-0.4, -0.2) is 56.0 Å². The van der Waals surface area contributed by atoms with Gasteiger partial charge in [0, 0.05) is 38.3 Å². The van der Waals surface area contributed by atoms with Crippen molar-refractivity contribution in [3.8, 4) is 0 Å². The Labute approximate surface area is 175 Å². The molecule has 160 valence electrons. The van der Waals surface area contributed by atoms with Crippen molar-refractivity contribution in [1.82, 2.24) is 15.5 Å². The SMILES string of the molecule is CCNC(=NCc1ccc(N2CCCC2=O)cc1)NCC(C)CN1CCCCC1. The first kappa shape index (κ1) is 21.6. The van der Waals surface area contributed by atoms with Crippen LogP contribution in [0.5, 0.6) is 0 Å². The molecule has 1 aromatic rings. The average molecular weight is 400 g/mol. The van der Waals surface area contributed by atoms with E-state index in [0.717, 1.165) is 49.8 Å². The number of piperidine rings is 1. The fraction of sp³-hybridized carbons (Fsp3) is 0.652. The second-order valence-electron chi connectivity index (χ2n) is 8.36. The van der Waals surface area contributed by atoms with Gasteiger partial charge in [0.25, 0.3) is 0 Å². The third kappa shape index (κ3) is 6.74. The highest BCUT2D eigenvalue weighted by atomic mass is 16.2. The van der Waals surface area contributed by atoms with Crippen molar-refractivity contribution in [2.75, 3.05) is 44.2 Å². The fourth-order valence-electron chi connectivity index (χ4n) is 4.13. The number of hydrogen-bond acceptors (Lipinski definition) is 3. The molecule has 1 amide bonds. The van der Waals surface area contributed by atoms with Crippen LogP contribution >= 0.6 is 0 Å². The molecule has 6 heteroatoms. The summed E-state index contributed by atoms with van der Waals surface area (Å²) < 4.78 is 0. The number of nitrogens with one attached hydrogen (secondary N) is 2. The first-order valence-electron chi connectivity index (χ1n) is 11.3. The van der Waals surface area contributed by atoms with E-state index < -0.39 is 0 Å². The first-order chi connectivity index (χ1) is 14.2. The molecule has 0 aromatic heterocycles. The maximum Gasteiger partial charge on any atom is 0.227 e. The van der Waals surface area contributed by atoms with Crippen molar-refractivity contribution in [2.24, 2.45) is 10.9 Å². The van der Waals surface area contributed by atoms with E-state index in [1.165, 1.54) is 32.4 Å². The summed E-state index contributed by atoms with van der Waals surface area (Å²) >= 11 is 0. The minimum Gasteiger partial charge on any atom is -0.357 e. The van der Waals surface area contributed by atoms with Crippen LogP contribution in [0.2, 0.25) is 0 Å².